The van der Waals surface area contributed by atoms with Gasteiger partial charge < -0.3 is 10.1 Å². The van der Waals surface area contributed by atoms with Crippen molar-refractivity contribution in [1.29, 1.82) is 0 Å². The lowest BCUT2D eigenvalue weighted by molar-refractivity contribution is 0.413. The Balaban J connectivity index is 2.02. The van der Waals surface area contributed by atoms with Crippen molar-refractivity contribution in [3.63, 3.8) is 0 Å². The van der Waals surface area contributed by atoms with E-state index in [-0.39, 0.29) is 6.04 Å². The molecule has 0 aromatic heterocycles. The summed E-state index contributed by atoms with van der Waals surface area (Å²) in [5, 5.41) is 3.21. The summed E-state index contributed by atoms with van der Waals surface area (Å²) in [4.78, 5) is 0. The molecule has 0 amide bonds. The molecule has 0 radical (unpaired) electrons. The monoisotopic (exact) mass is 277 g/mol. The third kappa shape index (κ3) is 3.54. The smallest absolute Gasteiger partial charge is 0.130 e. The van der Waals surface area contributed by atoms with E-state index in [1.807, 2.05) is 31.2 Å². The van der Waals surface area contributed by atoms with Gasteiger partial charge in [0.15, 0.2) is 0 Å². The summed E-state index contributed by atoms with van der Waals surface area (Å²) in [6.07, 6.45) is 0. The summed E-state index contributed by atoms with van der Waals surface area (Å²) in [7, 11) is 1.62. The van der Waals surface area contributed by atoms with Crippen molar-refractivity contribution in [3.8, 4) is 5.75 Å². The molecule has 0 heterocycles. The molecule has 0 aliphatic heterocycles. The first-order chi connectivity index (χ1) is 9.60. The van der Waals surface area contributed by atoms with Gasteiger partial charge in [-0.15, -0.1) is 0 Å². The first-order valence-corrected chi connectivity index (χ1v) is 6.41. The highest BCUT2D eigenvalue weighted by molar-refractivity contribution is 5.30. The van der Waals surface area contributed by atoms with Gasteiger partial charge in [-0.05, 0) is 30.7 Å². The Morgan fingerprint density at radius 1 is 1.15 bits per heavy atom. The minimum absolute atomic E-state index is 0.0366. The number of hydrogen-bond donors (Lipinski definition) is 1. The SMILES string of the molecule is COc1cccc([C@@H](C)NCc2ccc(F)cc2F)c1. The lowest BCUT2D eigenvalue weighted by Crippen LogP contribution is -2.18. The van der Waals surface area contributed by atoms with Gasteiger partial charge in [-0.1, -0.05) is 18.2 Å². The second-order valence-electron chi connectivity index (χ2n) is 4.61. The van der Waals surface area contributed by atoms with E-state index in [9.17, 15) is 8.78 Å². The van der Waals surface area contributed by atoms with Crippen LogP contribution in [0.25, 0.3) is 0 Å². The van der Waals surface area contributed by atoms with E-state index >= 15 is 0 Å². The van der Waals surface area contributed by atoms with Crippen molar-refractivity contribution in [2.24, 2.45) is 0 Å². The summed E-state index contributed by atoms with van der Waals surface area (Å²) >= 11 is 0. The first-order valence-electron chi connectivity index (χ1n) is 6.41. The van der Waals surface area contributed by atoms with Crippen molar-refractivity contribution in [3.05, 3.63) is 65.2 Å². The Hall–Kier alpha value is -1.94. The molecule has 2 aromatic rings. The van der Waals surface area contributed by atoms with Crippen LogP contribution >= 0.6 is 0 Å². The highest BCUT2D eigenvalue weighted by atomic mass is 19.1. The molecule has 20 heavy (non-hydrogen) atoms. The predicted octanol–water partition coefficient (Wildman–Crippen LogP) is 3.82. The molecule has 1 atom stereocenters. The summed E-state index contributed by atoms with van der Waals surface area (Å²) in [6, 6.07) is 11.3. The Bertz CT molecular complexity index is 586. The molecule has 0 unspecified atom stereocenters. The maximum atomic E-state index is 13.5. The number of hydrogen-bond acceptors (Lipinski definition) is 2. The standard InChI is InChI=1S/C16H17F2NO/c1-11(12-4-3-5-15(8-12)20-2)19-10-13-6-7-14(17)9-16(13)18/h3-9,11,19H,10H2,1-2H3/t11-/m1/s1. The molecule has 1 N–H and O–H groups in total. The third-order valence-electron chi connectivity index (χ3n) is 3.21. The van der Waals surface area contributed by atoms with Crippen molar-refractivity contribution in [1.82, 2.24) is 5.32 Å². The minimum Gasteiger partial charge on any atom is -0.497 e. The van der Waals surface area contributed by atoms with E-state index in [1.54, 1.807) is 7.11 Å². The number of halogens is 2. The molecule has 0 bridgehead atoms. The number of nitrogens with one attached hydrogen (secondary N) is 1. The zero-order valence-electron chi connectivity index (χ0n) is 11.5. The second-order valence-corrected chi connectivity index (χ2v) is 4.61. The lowest BCUT2D eigenvalue weighted by atomic mass is 10.1. The fourth-order valence-electron chi connectivity index (χ4n) is 1.96. The van der Waals surface area contributed by atoms with Crippen LogP contribution < -0.4 is 10.1 Å². The van der Waals surface area contributed by atoms with E-state index in [2.05, 4.69) is 5.32 Å². The summed E-state index contributed by atoms with van der Waals surface area (Å²) in [6.45, 7) is 2.32. The minimum atomic E-state index is -0.563. The zero-order valence-corrected chi connectivity index (χ0v) is 11.5. The van der Waals surface area contributed by atoms with Gasteiger partial charge in [-0.3, -0.25) is 0 Å². The molecule has 106 valence electrons. The van der Waals surface area contributed by atoms with Crippen molar-refractivity contribution in [2.75, 3.05) is 7.11 Å². The van der Waals surface area contributed by atoms with Gasteiger partial charge in [0.2, 0.25) is 0 Å². The second kappa shape index (κ2) is 6.48. The zero-order chi connectivity index (χ0) is 14.5. The number of methoxy groups -OCH3 is 1. The van der Waals surface area contributed by atoms with Crippen LogP contribution in [0.15, 0.2) is 42.5 Å². The van der Waals surface area contributed by atoms with E-state index in [1.165, 1.54) is 12.1 Å². The van der Waals surface area contributed by atoms with Crippen LogP contribution in [0.3, 0.4) is 0 Å². The van der Waals surface area contributed by atoms with Crippen molar-refractivity contribution in [2.45, 2.75) is 19.5 Å². The largest absolute Gasteiger partial charge is 0.497 e. The summed E-state index contributed by atoms with van der Waals surface area (Å²) in [5.41, 5.74) is 1.49. The molecule has 0 spiro atoms. The summed E-state index contributed by atoms with van der Waals surface area (Å²) < 4.78 is 31.5. The molecule has 0 fully saturated rings. The number of ether oxygens (including phenoxy) is 1. The fraction of sp³-hybridized carbons (Fsp3) is 0.250. The van der Waals surface area contributed by atoms with Gasteiger partial charge in [-0.2, -0.15) is 0 Å². The van der Waals surface area contributed by atoms with Crippen LogP contribution in [-0.4, -0.2) is 7.11 Å². The van der Waals surface area contributed by atoms with E-state index in [0.717, 1.165) is 17.4 Å². The fourth-order valence-corrected chi connectivity index (χ4v) is 1.96. The van der Waals surface area contributed by atoms with Crippen LogP contribution in [-0.2, 0) is 6.54 Å². The van der Waals surface area contributed by atoms with Crippen LogP contribution in [0.4, 0.5) is 8.78 Å². The molecular formula is C16H17F2NO. The lowest BCUT2D eigenvalue weighted by Gasteiger charge is -2.15. The Morgan fingerprint density at radius 2 is 1.95 bits per heavy atom. The van der Waals surface area contributed by atoms with Crippen molar-refractivity contribution < 1.29 is 13.5 Å². The average molecular weight is 277 g/mol. The normalized spacial score (nSPS) is 12.2. The van der Waals surface area contributed by atoms with Gasteiger partial charge in [0.25, 0.3) is 0 Å². The third-order valence-corrected chi connectivity index (χ3v) is 3.21. The van der Waals surface area contributed by atoms with Crippen LogP contribution in [0.5, 0.6) is 5.75 Å². The average Bonchev–Trinajstić information content (AvgIpc) is 2.46. The Morgan fingerprint density at radius 3 is 2.65 bits per heavy atom. The van der Waals surface area contributed by atoms with E-state index < -0.39 is 11.6 Å². The maximum absolute atomic E-state index is 13.5. The molecule has 0 saturated carbocycles. The quantitative estimate of drug-likeness (QED) is 0.897. The first kappa shape index (κ1) is 14.5. The van der Waals surface area contributed by atoms with Gasteiger partial charge in [0, 0.05) is 24.2 Å². The Labute approximate surface area is 117 Å². The van der Waals surface area contributed by atoms with Crippen molar-refractivity contribution >= 4 is 0 Å². The predicted molar refractivity (Wildman–Crippen MR) is 74.6 cm³/mol. The summed E-state index contributed by atoms with van der Waals surface area (Å²) in [5.74, 6) is -0.313. The van der Waals surface area contributed by atoms with E-state index in [0.29, 0.717) is 12.1 Å². The Kier molecular flexibility index (Phi) is 4.69. The molecule has 2 rings (SSSR count). The number of benzene rings is 2. The van der Waals surface area contributed by atoms with Crippen LogP contribution in [0, 0.1) is 11.6 Å². The molecule has 0 saturated heterocycles. The highest BCUT2D eigenvalue weighted by Gasteiger charge is 2.08. The molecule has 4 heteroatoms. The highest BCUT2D eigenvalue weighted by Crippen LogP contribution is 2.19. The van der Waals surface area contributed by atoms with Gasteiger partial charge in [0.05, 0.1) is 7.11 Å². The molecular weight excluding hydrogens is 260 g/mol. The molecule has 2 aromatic carbocycles. The topological polar surface area (TPSA) is 21.3 Å². The van der Waals surface area contributed by atoms with Crippen LogP contribution in [0.1, 0.15) is 24.1 Å². The number of rotatable bonds is 5. The molecule has 0 aliphatic carbocycles. The van der Waals surface area contributed by atoms with Gasteiger partial charge in [0.1, 0.15) is 17.4 Å². The molecule has 0 aliphatic rings. The van der Waals surface area contributed by atoms with Crippen LogP contribution in [0.2, 0.25) is 0 Å². The molecule has 2 nitrogen and oxygen atoms in total. The van der Waals surface area contributed by atoms with Gasteiger partial charge >= 0.3 is 0 Å². The van der Waals surface area contributed by atoms with Gasteiger partial charge in [-0.25, -0.2) is 8.78 Å². The maximum Gasteiger partial charge on any atom is 0.130 e. The van der Waals surface area contributed by atoms with E-state index in [4.69, 9.17) is 4.74 Å².